The number of rotatable bonds is 8. The van der Waals surface area contributed by atoms with Crippen molar-refractivity contribution < 1.29 is 14.7 Å². The number of halogens is 1. The second kappa shape index (κ2) is 7.33. The van der Waals surface area contributed by atoms with Crippen molar-refractivity contribution in [2.45, 2.75) is 31.1 Å². The van der Waals surface area contributed by atoms with Crippen LogP contribution < -0.4 is 5.32 Å². The fourth-order valence-electron chi connectivity index (χ4n) is 1.94. The maximum absolute atomic E-state index is 11.8. The molecule has 0 spiro atoms. The molecule has 1 fully saturated rings. The maximum Gasteiger partial charge on any atom is 0.305 e. The van der Waals surface area contributed by atoms with E-state index in [9.17, 15) is 9.59 Å². The standard InChI is InChI=1S/C13H16ClNO3S2/c14-11-4-3-9(20-11)6-19-7-12(16)15-10(5-13(17)18)8-1-2-8/h3-4,8,10H,1-2,5-7H2,(H,15,16)(H,17,18). The zero-order valence-corrected chi connectivity index (χ0v) is 13.2. The van der Waals surface area contributed by atoms with Crippen LogP contribution in [0.2, 0.25) is 4.34 Å². The zero-order chi connectivity index (χ0) is 14.5. The molecule has 1 aliphatic rings. The Bertz CT molecular complexity index is 488. The van der Waals surface area contributed by atoms with Crippen LogP contribution in [0.5, 0.6) is 0 Å². The molecule has 1 heterocycles. The lowest BCUT2D eigenvalue weighted by atomic mass is 10.1. The third-order valence-electron chi connectivity index (χ3n) is 3.04. The predicted molar refractivity (Wildman–Crippen MR) is 82.4 cm³/mol. The van der Waals surface area contributed by atoms with E-state index in [-0.39, 0.29) is 18.4 Å². The van der Waals surface area contributed by atoms with Gasteiger partial charge in [0.2, 0.25) is 5.91 Å². The average Bonchev–Trinajstić information content (AvgIpc) is 3.12. The van der Waals surface area contributed by atoms with Crippen LogP contribution in [0.3, 0.4) is 0 Å². The Morgan fingerprint density at radius 1 is 1.50 bits per heavy atom. The van der Waals surface area contributed by atoms with Crippen LogP contribution in [-0.2, 0) is 15.3 Å². The van der Waals surface area contributed by atoms with Crippen molar-refractivity contribution in [1.29, 1.82) is 0 Å². The number of hydrogen-bond donors (Lipinski definition) is 2. The molecule has 0 bridgehead atoms. The highest BCUT2D eigenvalue weighted by Gasteiger charge is 2.33. The molecule has 0 radical (unpaired) electrons. The van der Waals surface area contributed by atoms with Gasteiger partial charge in [0, 0.05) is 16.7 Å². The fourth-order valence-corrected chi connectivity index (χ4v) is 3.98. The summed E-state index contributed by atoms with van der Waals surface area (Å²) in [5.74, 6) is 0.492. The van der Waals surface area contributed by atoms with Crippen LogP contribution in [0.25, 0.3) is 0 Å². The lowest BCUT2D eigenvalue weighted by Crippen LogP contribution is -2.39. The van der Waals surface area contributed by atoms with Gasteiger partial charge in [-0.05, 0) is 30.9 Å². The van der Waals surface area contributed by atoms with E-state index < -0.39 is 5.97 Å². The summed E-state index contributed by atoms with van der Waals surface area (Å²) in [4.78, 5) is 23.7. The molecule has 7 heteroatoms. The minimum Gasteiger partial charge on any atom is -0.481 e. The number of carbonyl (C=O) groups excluding carboxylic acids is 1. The van der Waals surface area contributed by atoms with Gasteiger partial charge in [-0.25, -0.2) is 0 Å². The van der Waals surface area contributed by atoms with Crippen molar-refractivity contribution in [2.24, 2.45) is 5.92 Å². The largest absolute Gasteiger partial charge is 0.481 e. The summed E-state index contributed by atoms with van der Waals surface area (Å²) in [6, 6.07) is 3.59. The van der Waals surface area contributed by atoms with Gasteiger partial charge < -0.3 is 10.4 Å². The lowest BCUT2D eigenvalue weighted by molar-refractivity contribution is -0.137. The van der Waals surface area contributed by atoms with Crippen molar-refractivity contribution in [3.63, 3.8) is 0 Å². The van der Waals surface area contributed by atoms with Gasteiger partial charge in [-0.2, -0.15) is 0 Å². The molecule has 0 saturated heterocycles. The SMILES string of the molecule is O=C(O)CC(NC(=O)CSCc1ccc(Cl)s1)C1CC1. The van der Waals surface area contributed by atoms with Gasteiger partial charge in [0.1, 0.15) is 0 Å². The summed E-state index contributed by atoms with van der Waals surface area (Å²) in [5.41, 5.74) is 0. The quantitative estimate of drug-likeness (QED) is 0.767. The Kier molecular flexibility index (Phi) is 5.74. The van der Waals surface area contributed by atoms with Gasteiger partial charge >= 0.3 is 5.97 Å². The van der Waals surface area contributed by atoms with Gasteiger partial charge in [-0.15, -0.1) is 23.1 Å². The minimum absolute atomic E-state index is 0.0155. The summed E-state index contributed by atoms with van der Waals surface area (Å²) < 4.78 is 0.750. The number of carboxylic acids is 1. The van der Waals surface area contributed by atoms with E-state index in [1.54, 1.807) is 0 Å². The Hall–Kier alpha value is -0.720. The number of carboxylic acid groups (broad SMARTS) is 1. The van der Waals surface area contributed by atoms with Crippen molar-refractivity contribution in [1.82, 2.24) is 5.32 Å². The Morgan fingerprint density at radius 2 is 2.25 bits per heavy atom. The molecule has 1 amide bonds. The highest BCUT2D eigenvalue weighted by molar-refractivity contribution is 7.99. The molecule has 20 heavy (non-hydrogen) atoms. The zero-order valence-electron chi connectivity index (χ0n) is 10.8. The third kappa shape index (κ3) is 5.34. The number of amides is 1. The molecule has 2 N–H and O–H groups in total. The highest BCUT2D eigenvalue weighted by atomic mass is 35.5. The topological polar surface area (TPSA) is 66.4 Å². The molecular weight excluding hydrogens is 318 g/mol. The minimum atomic E-state index is -0.858. The molecule has 1 saturated carbocycles. The lowest BCUT2D eigenvalue weighted by Gasteiger charge is -2.15. The summed E-state index contributed by atoms with van der Waals surface area (Å²) in [5, 5.41) is 11.7. The summed E-state index contributed by atoms with van der Waals surface area (Å²) >= 11 is 8.86. The van der Waals surface area contributed by atoms with Crippen LogP contribution in [0.1, 0.15) is 24.1 Å². The van der Waals surface area contributed by atoms with Gasteiger partial charge in [0.05, 0.1) is 16.5 Å². The van der Waals surface area contributed by atoms with Gasteiger partial charge in [0.15, 0.2) is 0 Å². The fraction of sp³-hybridized carbons (Fsp3) is 0.538. The van der Waals surface area contributed by atoms with Crippen molar-refractivity contribution in [3.8, 4) is 0 Å². The molecule has 0 aromatic carbocycles. The van der Waals surface area contributed by atoms with Crippen molar-refractivity contribution in [2.75, 3.05) is 5.75 Å². The Morgan fingerprint density at radius 3 is 2.80 bits per heavy atom. The summed E-state index contributed by atoms with van der Waals surface area (Å²) in [6.07, 6.45) is 2.04. The average molecular weight is 334 g/mol. The number of carbonyl (C=O) groups is 2. The van der Waals surface area contributed by atoms with E-state index in [1.165, 1.54) is 23.1 Å². The van der Waals surface area contributed by atoms with Gasteiger partial charge in [-0.1, -0.05) is 11.6 Å². The third-order valence-corrected chi connectivity index (χ3v) is 5.43. The Labute approximate surface area is 130 Å². The first-order valence-electron chi connectivity index (χ1n) is 6.37. The van der Waals surface area contributed by atoms with E-state index in [0.29, 0.717) is 11.7 Å². The molecule has 1 atom stereocenters. The molecule has 0 aliphatic heterocycles. The van der Waals surface area contributed by atoms with Crippen molar-refractivity contribution in [3.05, 3.63) is 21.3 Å². The Balaban J connectivity index is 1.69. The van der Waals surface area contributed by atoms with Crippen LogP contribution in [-0.4, -0.2) is 28.8 Å². The maximum atomic E-state index is 11.8. The molecule has 1 aliphatic carbocycles. The molecule has 1 aromatic heterocycles. The summed E-state index contributed by atoms with van der Waals surface area (Å²) in [6.45, 7) is 0. The second-order valence-corrected chi connectivity index (χ2v) is 7.59. The molecule has 4 nitrogen and oxygen atoms in total. The van der Waals surface area contributed by atoms with E-state index in [0.717, 1.165) is 27.8 Å². The van der Waals surface area contributed by atoms with E-state index in [4.69, 9.17) is 16.7 Å². The molecule has 1 unspecified atom stereocenters. The highest BCUT2D eigenvalue weighted by Crippen LogP contribution is 2.34. The summed E-state index contributed by atoms with van der Waals surface area (Å²) in [7, 11) is 0. The van der Waals surface area contributed by atoms with Crippen molar-refractivity contribution >= 4 is 46.6 Å². The number of nitrogens with one attached hydrogen (secondary N) is 1. The van der Waals surface area contributed by atoms with Crippen LogP contribution in [0, 0.1) is 5.92 Å². The van der Waals surface area contributed by atoms with Crippen LogP contribution in [0.4, 0.5) is 0 Å². The number of thioether (sulfide) groups is 1. The van der Waals surface area contributed by atoms with E-state index in [1.807, 2.05) is 12.1 Å². The first-order chi connectivity index (χ1) is 9.54. The predicted octanol–water partition coefficient (Wildman–Crippen LogP) is 3.00. The molecular formula is C13H16ClNO3S2. The monoisotopic (exact) mass is 333 g/mol. The van der Waals surface area contributed by atoms with Crippen LogP contribution in [0.15, 0.2) is 12.1 Å². The normalized spacial score (nSPS) is 15.8. The van der Waals surface area contributed by atoms with E-state index >= 15 is 0 Å². The number of hydrogen-bond acceptors (Lipinski definition) is 4. The first-order valence-corrected chi connectivity index (χ1v) is 8.72. The van der Waals surface area contributed by atoms with Gasteiger partial charge in [0.25, 0.3) is 0 Å². The second-order valence-electron chi connectivity index (χ2n) is 4.81. The van der Waals surface area contributed by atoms with Gasteiger partial charge in [-0.3, -0.25) is 9.59 Å². The van der Waals surface area contributed by atoms with E-state index in [2.05, 4.69) is 5.32 Å². The smallest absolute Gasteiger partial charge is 0.305 e. The number of thiophene rings is 1. The molecule has 1 aromatic rings. The van der Waals surface area contributed by atoms with Crippen LogP contribution >= 0.6 is 34.7 Å². The first kappa shape index (κ1) is 15.7. The number of aliphatic carboxylic acids is 1. The molecule has 2 rings (SSSR count). The molecule has 110 valence electrons.